The fourth-order valence-corrected chi connectivity index (χ4v) is 2.95. The highest BCUT2D eigenvalue weighted by molar-refractivity contribution is 6.11. The summed E-state index contributed by atoms with van der Waals surface area (Å²) in [4.78, 5) is 32.9. The first-order valence-corrected chi connectivity index (χ1v) is 8.85. The summed E-state index contributed by atoms with van der Waals surface area (Å²) in [6.45, 7) is 0. The predicted octanol–water partition coefficient (Wildman–Crippen LogP) is 4.67. The number of carbonyl (C=O) groups is 2. The Morgan fingerprint density at radius 1 is 0.871 bits per heavy atom. The molecule has 4 aromatic rings. The molecule has 1 N–H and O–H groups in total. The summed E-state index contributed by atoms with van der Waals surface area (Å²) < 4.78 is 56.8. The Labute approximate surface area is 172 Å². The number of nitrogens with one attached hydrogen (secondary N) is 1. The van der Waals surface area contributed by atoms with Crippen molar-refractivity contribution in [1.29, 1.82) is 0 Å². The van der Waals surface area contributed by atoms with Crippen LogP contribution in [0.1, 0.15) is 26.4 Å². The van der Waals surface area contributed by atoms with Gasteiger partial charge in [0.1, 0.15) is 17.1 Å². The maximum atomic E-state index is 15.0. The van der Waals surface area contributed by atoms with E-state index in [1.807, 2.05) is 5.32 Å². The van der Waals surface area contributed by atoms with Gasteiger partial charge in [-0.2, -0.15) is 0 Å². The lowest BCUT2D eigenvalue weighted by Gasteiger charge is -2.11. The van der Waals surface area contributed by atoms with Gasteiger partial charge in [-0.15, -0.1) is 0 Å². The van der Waals surface area contributed by atoms with Gasteiger partial charge < -0.3 is 5.32 Å². The van der Waals surface area contributed by atoms with Gasteiger partial charge in [0.2, 0.25) is 5.78 Å². The van der Waals surface area contributed by atoms with Crippen LogP contribution in [0.15, 0.2) is 60.9 Å². The lowest BCUT2D eigenvalue weighted by atomic mass is 10.0. The summed E-state index contributed by atoms with van der Waals surface area (Å²) >= 11 is 0. The number of ketones is 1. The highest BCUT2D eigenvalue weighted by atomic mass is 19.2. The van der Waals surface area contributed by atoms with Crippen molar-refractivity contribution in [1.82, 2.24) is 9.97 Å². The molecule has 2 heterocycles. The minimum atomic E-state index is -1.72. The summed E-state index contributed by atoms with van der Waals surface area (Å²) in [7, 11) is 0. The number of halogens is 4. The number of nitrogens with zero attached hydrogens (tertiary/aromatic N) is 2. The molecule has 0 spiro atoms. The number of benzene rings is 2. The number of carbonyl (C=O) groups excluding carboxylic acids is 2. The zero-order valence-corrected chi connectivity index (χ0v) is 15.5. The van der Waals surface area contributed by atoms with Crippen molar-refractivity contribution < 1.29 is 27.2 Å². The third kappa shape index (κ3) is 3.85. The molecular weight excluding hydrogens is 414 g/mol. The van der Waals surface area contributed by atoms with Crippen molar-refractivity contribution in [3.63, 3.8) is 0 Å². The van der Waals surface area contributed by atoms with Crippen LogP contribution in [0.25, 0.3) is 10.9 Å². The fraction of sp³-hybridized carbons (Fsp3) is 0. The number of aromatic nitrogens is 2. The van der Waals surface area contributed by atoms with E-state index in [0.29, 0.717) is 17.0 Å². The molecule has 0 saturated heterocycles. The molecule has 0 aliphatic carbocycles. The van der Waals surface area contributed by atoms with Crippen molar-refractivity contribution in [3.05, 3.63) is 101 Å². The number of hydrogen-bond donors (Lipinski definition) is 1. The van der Waals surface area contributed by atoms with Crippen LogP contribution in [0, 0.1) is 23.3 Å². The number of fused-ring (bicyclic) bond motifs is 1. The highest BCUT2D eigenvalue weighted by Crippen LogP contribution is 2.27. The van der Waals surface area contributed by atoms with Crippen molar-refractivity contribution in [2.45, 2.75) is 0 Å². The number of pyridine rings is 2. The van der Waals surface area contributed by atoms with Crippen LogP contribution < -0.4 is 5.32 Å². The smallest absolute Gasteiger partial charge is 0.255 e. The molecule has 31 heavy (non-hydrogen) atoms. The van der Waals surface area contributed by atoms with E-state index in [-0.39, 0.29) is 11.3 Å². The summed E-state index contributed by atoms with van der Waals surface area (Å²) in [6, 6.07) is 9.35. The van der Waals surface area contributed by atoms with Gasteiger partial charge in [0.25, 0.3) is 5.91 Å². The lowest BCUT2D eigenvalue weighted by molar-refractivity contribution is 0.101. The van der Waals surface area contributed by atoms with E-state index in [1.54, 1.807) is 12.1 Å². The number of hydrogen-bond acceptors (Lipinski definition) is 4. The van der Waals surface area contributed by atoms with E-state index >= 15 is 0 Å². The van der Waals surface area contributed by atoms with E-state index < -0.39 is 46.2 Å². The van der Waals surface area contributed by atoms with Crippen LogP contribution in [-0.4, -0.2) is 21.7 Å². The average Bonchev–Trinajstić information content (AvgIpc) is 2.77. The summed E-state index contributed by atoms with van der Waals surface area (Å²) in [5.74, 6) is -7.67. The molecule has 0 bridgehead atoms. The molecule has 0 unspecified atom stereocenters. The van der Waals surface area contributed by atoms with Crippen LogP contribution >= 0.6 is 0 Å². The van der Waals surface area contributed by atoms with Crippen LogP contribution in [0.3, 0.4) is 0 Å². The topological polar surface area (TPSA) is 72.0 Å². The normalized spacial score (nSPS) is 10.8. The molecule has 4 rings (SSSR count). The minimum Gasteiger partial charge on any atom is -0.319 e. The van der Waals surface area contributed by atoms with Crippen LogP contribution in [-0.2, 0) is 0 Å². The van der Waals surface area contributed by atoms with Gasteiger partial charge in [-0.3, -0.25) is 19.6 Å². The Bertz CT molecular complexity index is 1360. The fourth-order valence-electron chi connectivity index (χ4n) is 2.95. The zero-order valence-electron chi connectivity index (χ0n) is 15.5. The van der Waals surface area contributed by atoms with E-state index in [2.05, 4.69) is 9.97 Å². The molecule has 9 heteroatoms. The number of amides is 1. The summed E-state index contributed by atoms with van der Waals surface area (Å²) in [6.07, 6.45) is 2.75. The van der Waals surface area contributed by atoms with Crippen molar-refractivity contribution in [3.8, 4) is 0 Å². The van der Waals surface area contributed by atoms with Gasteiger partial charge in [0.15, 0.2) is 17.5 Å². The third-order valence-corrected chi connectivity index (χ3v) is 4.44. The Balaban J connectivity index is 1.74. The van der Waals surface area contributed by atoms with Gasteiger partial charge in [-0.05, 0) is 30.3 Å². The molecule has 2 aromatic heterocycles. The van der Waals surface area contributed by atoms with Crippen LogP contribution in [0.4, 0.5) is 23.2 Å². The second-order valence-electron chi connectivity index (χ2n) is 6.47. The maximum absolute atomic E-state index is 15.0. The van der Waals surface area contributed by atoms with Crippen LogP contribution in [0.5, 0.6) is 0 Å². The molecule has 0 fully saturated rings. The largest absolute Gasteiger partial charge is 0.319 e. The minimum absolute atomic E-state index is 0.180. The monoisotopic (exact) mass is 425 g/mol. The highest BCUT2D eigenvalue weighted by Gasteiger charge is 2.27. The van der Waals surface area contributed by atoms with Gasteiger partial charge >= 0.3 is 0 Å². The molecule has 0 radical (unpaired) electrons. The first-order valence-electron chi connectivity index (χ1n) is 8.85. The van der Waals surface area contributed by atoms with Gasteiger partial charge in [0, 0.05) is 23.2 Å². The maximum Gasteiger partial charge on any atom is 0.255 e. The number of rotatable bonds is 4. The predicted molar refractivity (Wildman–Crippen MR) is 104 cm³/mol. The molecule has 5 nitrogen and oxygen atoms in total. The van der Waals surface area contributed by atoms with Gasteiger partial charge in [-0.25, -0.2) is 17.6 Å². The summed E-state index contributed by atoms with van der Waals surface area (Å²) in [5.41, 5.74) is -2.07. The quantitative estimate of drug-likeness (QED) is 0.293. The Morgan fingerprint density at radius 2 is 1.68 bits per heavy atom. The van der Waals surface area contributed by atoms with Crippen molar-refractivity contribution >= 4 is 28.3 Å². The van der Waals surface area contributed by atoms with Gasteiger partial charge in [0.05, 0.1) is 17.4 Å². The third-order valence-electron chi connectivity index (χ3n) is 4.44. The number of anilines is 1. The van der Waals surface area contributed by atoms with E-state index in [1.165, 1.54) is 30.6 Å². The molecule has 0 aliphatic heterocycles. The summed E-state index contributed by atoms with van der Waals surface area (Å²) in [5, 5.41) is 2.51. The molecule has 1 amide bonds. The molecule has 154 valence electrons. The second kappa shape index (κ2) is 7.94. The Hall–Kier alpha value is -4.14. The zero-order chi connectivity index (χ0) is 22.1. The first-order chi connectivity index (χ1) is 14.8. The Morgan fingerprint density at radius 3 is 2.45 bits per heavy atom. The molecule has 0 aliphatic rings. The van der Waals surface area contributed by atoms with E-state index in [0.717, 1.165) is 12.1 Å². The van der Waals surface area contributed by atoms with E-state index in [9.17, 15) is 27.2 Å². The molecule has 0 atom stereocenters. The Kier molecular flexibility index (Phi) is 5.16. The van der Waals surface area contributed by atoms with Crippen LogP contribution in [0.2, 0.25) is 0 Å². The molecule has 0 saturated carbocycles. The molecular formula is C22H11F4N3O2. The molecule has 2 aromatic carbocycles. The van der Waals surface area contributed by atoms with E-state index in [4.69, 9.17) is 0 Å². The standard InChI is InChI=1S/C22H11F4N3O2/c23-13-5-1-3-12(7-13)22(31)29-15-9-14(24)19(25)18(20(15)26)21(30)16-8-11-4-2-6-27-17(11)10-28-16/h1-10H,(H,29,31). The lowest BCUT2D eigenvalue weighted by Crippen LogP contribution is -2.17. The van der Waals surface area contributed by atoms with Crippen molar-refractivity contribution in [2.24, 2.45) is 0 Å². The SMILES string of the molecule is O=C(Nc1cc(F)c(F)c(C(=O)c2cc3cccnc3cn2)c1F)c1cccc(F)c1. The average molecular weight is 425 g/mol. The second-order valence-corrected chi connectivity index (χ2v) is 6.47. The first kappa shape index (κ1) is 20.1. The van der Waals surface area contributed by atoms with Gasteiger partial charge in [-0.1, -0.05) is 12.1 Å². The van der Waals surface area contributed by atoms with Crippen molar-refractivity contribution in [2.75, 3.05) is 5.32 Å².